The molecule has 11 heteroatoms. The summed E-state index contributed by atoms with van der Waals surface area (Å²) in [5.41, 5.74) is 1.23. The van der Waals surface area contributed by atoms with Crippen LogP contribution in [0.5, 0.6) is 0 Å². The van der Waals surface area contributed by atoms with Gasteiger partial charge in [-0.3, -0.25) is 14.4 Å². The van der Waals surface area contributed by atoms with Gasteiger partial charge in [0.1, 0.15) is 17.9 Å². The number of carbonyl (C=O) groups excluding carboxylic acids is 4. The van der Waals surface area contributed by atoms with E-state index in [1.807, 2.05) is 0 Å². The van der Waals surface area contributed by atoms with Gasteiger partial charge in [0.05, 0.1) is 20.3 Å². The molecule has 0 saturated heterocycles. The monoisotopic (exact) mass is 501 g/mol. The van der Waals surface area contributed by atoms with Crippen molar-refractivity contribution >= 4 is 29.8 Å². The highest BCUT2D eigenvalue weighted by Gasteiger charge is 2.29. The predicted molar refractivity (Wildman–Crippen MR) is 128 cm³/mol. The van der Waals surface area contributed by atoms with Crippen LogP contribution in [0.4, 0.5) is 4.39 Å². The Morgan fingerprint density at radius 3 is 2.03 bits per heavy atom. The summed E-state index contributed by atoms with van der Waals surface area (Å²) in [5.74, 6) is -3.64. The third kappa shape index (κ3) is 8.93. The zero-order valence-electron chi connectivity index (χ0n) is 19.5. The van der Waals surface area contributed by atoms with Crippen LogP contribution in [0.1, 0.15) is 11.1 Å². The van der Waals surface area contributed by atoms with Crippen LogP contribution >= 0.6 is 0 Å². The molecule has 0 spiro atoms. The van der Waals surface area contributed by atoms with Gasteiger partial charge in [0.25, 0.3) is 0 Å². The number of hydrogen-bond donors (Lipinski definition) is 5. The van der Waals surface area contributed by atoms with Crippen LogP contribution in [0.25, 0.3) is 6.08 Å². The van der Waals surface area contributed by atoms with Gasteiger partial charge in [0, 0.05) is 12.5 Å². The molecule has 2 aromatic carbocycles. The molecule has 192 valence electrons. The number of amides is 3. The van der Waals surface area contributed by atoms with Crippen molar-refractivity contribution in [1.29, 1.82) is 0 Å². The number of benzene rings is 2. The summed E-state index contributed by atoms with van der Waals surface area (Å²) in [5, 5.41) is 26.2. The van der Waals surface area contributed by atoms with Gasteiger partial charge in [0.2, 0.25) is 17.7 Å². The molecule has 0 aliphatic rings. The summed E-state index contributed by atoms with van der Waals surface area (Å²) in [6, 6.07) is 10.1. The van der Waals surface area contributed by atoms with Crippen molar-refractivity contribution < 1.29 is 38.5 Å². The lowest BCUT2D eigenvalue weighted by atomic mass is 10.0. The first-order chi connectivity index (χ1) is 17.3. The Labute approximate surface area is 207 Å². The third-order valence-corrected chi connectivity index (χ3v) is 5.01. The smallest absolute Gasteiger partial charge is 0.330 e. The van der Waals surface area contributed by atoms with Crippen molar-refractivity contribution in [2.45, 2.75) is 24.5 Å². The Kier molecular flexibility index (Phi) is 11.2. The average Bonchev–Trinajstić information content (AvgIpc) is 2.89. The molecule has 36 heavy (non-hydrogen) atoms. The van der Waals surface area contributed by atoms with E-state index in [-0.39, 0.29) is 6.42 Å². The highest BCUT2D eigenvalue weighted by atomic mass is 19.1. The molecule has 0 aromatic heterocycles. The Balaban J connectivity index is 2.10. The molecule has 2 aromatic rings. The normalized spacial score (nSPS) is 13.3. The lowest BCUT2D eigenvalue weighted by Gasteiger charge is -2.23. The number of rotatable bonds is 12. The standard InChI is InChI=1S/C25H28FN3O7/c1-36-25(35)21(15-31)29-23(33)19(13-17-5-3-2-4-6-17)28-24(34)20(14-30)27-22(32)12-9-16-7-10-18(26)11-8-16/h2-12,19-21,30-31H,13-15H2,1H3,(H,27,32)(H,28,34)(H,29,33)/b12-9+/t19-,20-,21-/m0/s1. The molecule has 0 saturated carbocycles. The van der Waals surface area contributed by atoms with Crippen molar-refractivity contribution in [2.75, 3.05) is 20.3 Å². The molecule has 0 unspecified atom stereocenters. The van der Waals surface area contributed by atoms with Crippen LogP contribution in [0.15, 0.2) is 60.7 Å². The summed E-state index contributed by atoms with van der Waals surface area (Å²) < 4.78 is 17.5. The van der Waals surface area contributed by atoms with E-state index in [0.717, 1.165) is 13.2 Å². The quantitative estimate of drug-likeness (QED) is 0.198. The Morgan fingerprint density at radius 2 is 1.44 bits per heavy atom. The fraction of sp³-hybridized carbons (Fsp3) is 0.280. The number of halogens is 1. The van der Waals surface area contributed by atoms with Gasteiger partial charge in [-0.05, 0) is 29.3 Å². The Hall–Kier alpha value is -4.09. The lowest BCUT2D eigenvalue weighted by molar-refractivity contribution is -0.146. The minimum atomic E-state index is -1.39. The van der Waals surface area contributed by atoms with Crippen LogP contribution in [0.3, 0.4) is 0 Å². The molecule has 5 N–H and O–H groups in total. The van der Waals surface area contributed by atoms with Crippen LogP contribution in [0.2, 0.25) is 0 Å². The first kappa shape index (κ1) is 28.1. The number of esters is 1. The Bertz CT molecular complexity index is 1060. The van der Waals surface area contributed by atoms with Crippen molar-refractivity contribution in [3.63, 3.8) is 0 Å². The van der Waals surface area contributed by atoms with Crippen molar-refractivity contribution in [1.82, 2.24) is 16.0 Å². The molecule has 0 bridgehead atoms. The number of nitrogens with one attached hydrogen (secondary N) is 3. The lowest BCUT2D eigenvalue weighted by Crippen LogP contribution is -2.57. The maximum Gasteiger partial charge on any atom is 0.330 e. The molecule has 0 heterocycles. The van der Waals surface area contributed by atoms with Gasteiger partial charge in [-0.1, -0.05) is 42.5 Å². The second-order valence-electron chi connectivity index (χ2n) is 7.65. The van der Waals surface area contributed by atoms with Crippen LogP contribution in [-0.2, 0) is 30.3 Å². The Morgan fingerprint density at radius 1 is 0.861 bits per heavy atom. The number of carbonyl (C=O) groups is 4. The van der Waals surface area contributed by atoms with Crippen LogP contribution in [0, 0.1) is 5.82 Å². The molecule has 0 aliphatic heterocycles. The molecule has 3 amide bonds. The predicted octanol–water partition coefficient (Wildman–Crippen LogP) is -0.306. The molecule has 2 rings (SSSR count). The number of ether oxygens (including phenoxy) is 1. The van der Waals surface area contributed by atoms with E-state index in [1.165, 1.54) is 30.3 Å². The molecule has 0 aliphatic carbocycles. The summed E-state index contributed by atoms with van der Waals surface area (Å²) in [4.78, 5) is 49.6. The summed E-state index contributed by atoms with van der Waals surface area (Å²) in [6.07, 6.45) is 2.53. The highest BCUT2D eigenvalue weighted by molar-refractivity contribution is 5.97. The summed E-state index contributed by atoms with van der Waals surface area (Å²) in [7, 11) is 1.10. The zero-order valence-corrected chi connectivity index (χ0v) is 19.5. The summed E-state index contributed by atoms with van der Waals surface area (Å²) >= 11 is 0. The molecular weight excluding hydrogens is 473 g/mol. The number of aliphatic hydroxyl groups excluding tert-OH is 2. The fourth-order valence-corrected chi connectivity index (χ4v) is 3.08. The van der Waals surface area contributed by atoms with Gasteiger partial charge in [-0.2, -0.15) is 0 Å². The number of aliphatic hydroxyl groups is 2. The molecule has 10 nitrogen and oxygen atoms in total. The minimum Gasteiger partial charge on any atom is -0.467 e. The van der Waals surface area contributed by atoms with E-state index in [0.29, 0.717) is 11.1 Å². The first-order valence-electron chi connectivity index (χ1n) is 11.0. The van der Waals surface area contributed by atoms with E-state index < -0.39 is 60.8 Å². The van der Waals surface area contributed by atoms with Gasteiger partial charge in [0.15, 0.2) is 6.04 Å². The molecular formula is C25H28FN3O7. The highest BCUT2D eigenvalue weighted by Crippen LogP contribution is 2.06. The SMILES string of the molecule is COC(=O)[C@H](CO)NC(=O)[C@H](Cc1ccccc1)NC(=O)[C@H](CO)NC(=O)/C=C/c1ccc(F)cc1. The average molecular weight is 502 g/mol. The molecule has 0 fully saturated rings. The van der Waals surface area contributed by atoms with Gasteiger partial charge >= 0.3 is 5.97 Å². The van der Waals surface area contributed by atoms with E-state index in [2.05, 4.69) is 20.7 Å². The van der Waals surface area contributed by atoms with Crippen molar-refractivity contribution in [3.8, 4) is 0 Å². The van der Waals surface area contributed by atoms with Crippen LogP contribution < -0.4 is 16.0 Å². The number of methoxy groups -OCH3 is 1. The summed E-state index contributed by atoms with van der Waals surface area (Å²) in [6.45, 7) is -1.48. The largest absolute Gasteiger partial charge is 0.467 e. The maximum atomic E-state index is 13.0. The van der Waals surface area contributed by atoms with E-state index >= 15 is 0 Å². The van der Waals surface area contributed by atoms with E-state index in [1.54, 1.807) is 30.3 Å². The first-order valence-corrected chi connectivity index (χ1v) is 11.0. The minimum absolute atomic E-state index is 0.0221. The zero-order chi connectivity index (χ0) is 26.5. The van der Waals surface area contributed by atoms with Gasteiger partial charge < -0.3 is 30.9 Å². The fourth-order valence-electron chi connectivity index (χ4n) is 3.08. The number of hydrogen-bond acceptors (Lipinski definition) is 7. The van der Waals surface area contributed by atoms with E-state index in [4.69, 9.17) is 0 Å². The van der Waals surface area contributed by atoms with Gasteiger partial charge in [-0.15, -0.1) is 0 Å². The van der Waals surface area contributed by atoms with Gasteiger partial charge in [-0.25, -0.2) is 9.18 Å². The molecule has 0 radical (unpaired) electrons. The topological polar surface area (TPSA) is 154 Å². The second-order valence-corrected chi connectivity index (χ2v) is 7.65. The van der Waals surface area contributed by atoms with Crippen molar-refractivity contribution in [2.24, 2.45) is 0 Å². The van der Waals surface area contributed by atoms with Crippen molar-refractivity contribution in [3.05, 3.63) is 77.6 Å². The maximum absolute atomic E-state index is 13.0. The second kappa shape index (κ2) is 14.3. The van der Waals surface area contributed by atoms with E-state index in [9.17, 15) is 33.8 Å². The van der Waals surface area contributed by atoms with Crippen LogP contribution in [-0.4, -0.2) is 72.4 Å². The third-order valence-electron chi connectivity index (χ3n) is 5.01. The molecule has 3 atom stereocenters.